The van der Waals surface area contributed by atoms with E-state index < -0.39 is 5.41 Å². The third-order valence-electron chi connectivity index (χ3n) is 3.43. The molecule has 98 valence electrons. The fourth-order valence-electron chi connectivity index (χ4n) is 2.22. The molecule has 19 heavy (non-hydrogen) atoms. The van der Waals surface area contributed by atoms with Crippen molar-refractivity contribution in [3.63, 3.8) is 0 Å². The summed E-state index contributed by atoms with van der Waals surface area (Å²) in [7, 11) is 0. The van der Waals surface area contributed by atoms with Crippen LogP contribution in [0.5, 0.6) is 0 Å². The van der Waals surface area contributed by atoms with Gasteiger partial charge in [-0.2, -0.15) is 0 Å². The van der Waals surface area contributed by atoms with Crippen molar-refractivity contribution in [2.75, 3.05) is 0 Å². The molecule has 1 nitrogen and oxygen atoms in total. The lowest BCUT2D eigenvalue weighted by atomic mass is 9.78. The summed E-state index contributed by atoms with van der Waals surface area (Å²) in [5.74, 6) is 0. The van der Waals surface area contributed by atoms with Gasteiger partial charge >= 0.3 is 0 Å². The van der Waals surface area contributed by atoms with Crippen molar-refractivity contribution in [3.8, 4) is 0 Å². The molecule has 0 aromatic heterocycles. The van der Waals surface area contributed by atoms with Crippen LogP contribution < -0.4 is 0 Å². The molecule has 1 atom stereocenters. The molecular weight excluding hydrogens is 256 g/mol. The maximum Gasteiger partial charge on any atom is 0.130 e. The second-order valence-corrected chi connectivity index (χ2v) is 5.64. The highest BCUT2D eigenvalue weighted by Crippen LogP contribution is 2.27. The van der Waals surface area contributed by atoms with Crippen LogP contribution in [0.25, 0.3) is 0 Å². The SMILES string of the molecule is Cc1ccc(C(C)(C=O)Cc2cccc(Cl)c2)cc1. The van der Waals surface area contributed by atoms with E-state index in [1.54, 1.807) is 0 Å². The number of hydrogen-bond acceptors (Lipinski definition) is 1. The van der Waals surface area contributed by atoms with Crippen LogP contribution in [0.4, 0.5) is 0 Å². The third-order valence-corrected chi connectivity index (χ3v) is 3.67. The fourth-order valence-corrected chi connectivity index (χ4v) is 2.43. The van der Waals surface area contributed by atoms with Crippen molar-refractivity contribution >= 4 is 17.9 Å². The summed E-state index contributed by atoms with van der Waals surface area (Å²) in [5, 5.41) is 0.703. The topological polar surface area (TPSA) is 17.1 Å². The zero-order valence-corrected chi connectivity index (χ0v) is 11.9. The van der Waals surface area contributed by atoms with Gasteiger partial charge in [-0.05, 0) is 43.5 Å². The number of aryl methyl sites for hydroxylation is 1. The summed E-state index contributed by atoms with van der Waals surface area (Å²) in [6.07, 6.45) is 1.68. The van der Waals surface area contributed by atoms with Crippen molar-refractivity contribution in [2.24, 2.45) is 0 Å². The van der Waals surface area contributed by atoms with E-state index in [0.717, 1.165) is 17.4 Å². The first kappa shape index (κ1) is 13.8. The molecule has 0 N–H and O–H groups in total. The lowest BCUT2D eigenvalue weighted by molar-refractivity contribution is -0.112. The van der Waals surface area contributed by atoms with E-state index in [4.69, 9.17) is 11.6 Å². The van der Waals surface area contributed by atoms with Gasteiger partial charge in [0.2, 0.25) is 0 Å². The Kier molecular flexibility index (Phi) is 4.06. The molecule has 0 aliphatic carbocycles. The zero-order chi connectivity index (χ0) is 13.9. The van der Waals surface area contributed by atoms with Gasteiger partial charge in [0, 0.05) is 5.02 Å². The number of benzene rings is 2. The first-order valence-electron chi connectivity index (χ1n) is 6.31. The Morgan fingerprint density at radius 1 is 1.16 bits per heavy atom. The van der Waals surface area contributed by atoms with Crippen LogP contribution in [0.15, 0.2) is 48.5 Å². The van der Waals surface area contributed by atoms with Crippen LogP contribution in [-0.4, -0.2) is 6.29 Å². The maximum absolute atomic E-state index is 11.6. The second-order valence-electron chi connectivity index (χ2n) is 5.21. The normalized spacial score (nSPS) is 13.8. The second kappa shape index (κ2) is 5.58. The highest BCUT2D eigenvalue weighted by Gasteiger charge is 2.26. The van der Waals surface area contributed by atoms with Gasteiger partial charge in [-0.3, -0.25) is 0 Å². The highest BCUT2D eigenvalue weighted by atomic mass is 35.5. The lowest BCUT2D eigenvalue weighted by Gasteiger charge is -2.24. The van der Waals surface area contributed by atoms with Gasteiger partial charge in [-0.25, -0.2) is 0 Å². The van der Waals surface area contributed by atoms with Crippen LogP contribution in [0.2, 0.25) is 5.02 Å². The molecule has 2 aromatic carbocycles. The standard InChI is InChI=1S/C17H17ClO/c1-13-6-8-15(9-7-13)17(2,12-19)11-14-4-3-5-16(18)10-14/h3-10,12H,11H2,1-2H3. The van der Waals surface area contributed by atoms with Gasteiger partial charge in [0.1, 0.15) is 6.29 Å². The van der Waals surface area contributed by atoms with Gasteiger partial charge in [0.25, 0.3) is 0 Å². The summed E-state index contributed by atoms with van der Waals surface area (Å²) in [6.45, 7) is 4.00. The largest absolute Gasteiger partial charge is 0.302 e. The van der Waals surface area contributed by atoms with Crippen molar-refractivity contribution < 1.29 is 4.79 Å². The third kappa shape index (κ3) is 3.24. The average Bonchev–Trinajstić information content (AvgIpc) is 2.39. The summed E-state index contributed by atoms with van der Waals surface area (Å²) in [5.41, 5.74) is 2.79. The minimum atomic E-state index is -0.515. The molecule has 2 rings (SSSR count). The predicted molar refractivity (Wildman–Crippen MR) is 79.8 cm³/mol. The summed E-state index contributed by atoms with van der Waals surface area (Å²) < 4.78 is 0. The van der Waals surface area contributed by atoms with E-state index >= 15 is 0 Å². The van der Waals surface area contributed by atoms with Gasteiger partial charge < -0.3 is 4.79 Å². The molecule has 0 fully saturated rings. The van der Waals surface area contributed by atoms with Gasteiger partial charge in [-0.1, -0.05) is 53.6 Å². The first-order chi connectivity index (χ1) is 9.03. The van der Waals surface area contributed by atoms with Crippen LogP contribution in [0, 0.1) is 6.92 Å². The zero-order valence-electron chi connectivity index (χ0n) is 11.2. The Morgan fingerprint density at radius 2 is 1.84 bits per heavy atom. The number of carbonyl (C=O) groups excluding carboxylic acids is 1. The molecule has 1 unspecified atom stereocenters. The Balaban J connectivity index is 2.32. The Bertz CT molecular complexity index is 574. The van der Waals surface area contributed by atoms with Crippen molar-refractivity contribution in [2.45, 2.75) is 25.7 Å². The predicted octanol–water partition coefficient (Wildman–Crippen LogP) is 4.35. The molecule has 0 radical (unpaired) electrons. The minimum Gasteiger partial charge on any atom is -0.302 e. The quantitative estimate of drug-likeness (QED) is 0.757. The van der Waals surface area contributed by atoms with Gasteiger partial charge in [0.05, 0.1) is 5.41 Å². The number of carbonyl (C=O) groups is 1. The van der Waals surface area contributed by atoms with Crippen molar-refractivity contribution in [1.82, 2.24) is 0 Å². The van der Waals surface area contributed by atoms with Crippen molar-refractivity contribution in [1.29, 1.82) is 0 Å². The Labute approximate surface area is 119 Å². The lowest BCUT2D eigenvalue weighted by Crippen LogP contribution is -2.26. The minimum absolute atomic E-state index is 0.515. The van der Waals surface area contributed by atoms with E-state index in [2.05, 4.69) is 0 Å². The maximum atomic E-state index is 11.6. The summed E-state index contributed by atoms with van der Waals surface area (Å²) in [6, 6.07) is 15.8. The molecule has 2 heteroatoms. The van der Waals surface area contributed by atoms with Crippen LogP contribution in [0.3, 0.4) is 0 Å². The van der Waals surface area contributed by atoms with E-state index in [1.807, 2.05) is 62.4 Å². The smallest absolute Gasteiger partial charge is 0.130 e. The van der Waals surface area contributed by atoms with E-state index in [9.17, 15) is 4.79 Å². The number of rotatable bonds is 4. The van der Waals surface area contributed by atoms with E-state index in [-0.39, 0.29) is 0 Å². The van der Waals surface area contributed by atoms with Gasteiger partial charge in [0.15, 0.2) is 0 Å². The molecular formula is C17H17ClO. The average molecular weight is 273 g/mol. The van der Waals surface area contributed by atoms with Crippen LogP contribution in [0.1, 0.15) is 23.6 Å². The molecule has 0 heterocycles. The summed E-state index contributed by atoms with van der Waals surface area (Å²) >= 11 is 6.00. The number of aldehydes is 1. The van der Waals surface area contributed by atoms with Crippen molar-refractivity contribution in [3.05, 3.63) is 70.2 Å². The Morgan fingerprint density at radius 3 is 2.42 bits per heavy atom. The molecule has 2 aromatic rings. The first-order valence-corrected chi connectivity index (χ1v) is 6.69. The van der Waals surface area contributed by atoms with E-state index in [0.29, 0.717) is 11.4 Å². The number of halogens is 1. The molecule has 0 spiro atoms. The molecule has 0 bridgehead atoms. The summed E-state index contributed by atoms with van der Waals surface area (Å²) in [4.78, 5) is 11.6. The van der Waals surface area contributed by atoms with Crippen LogP contribution >= 0.6 is 11.6 Å². The highest BCUT2D eigenvalue weighted by molar-refractivity contribution is 6.30. The van der Waals surface area contributed by atoms with Crippen LogP contribution in [-0.2, 0) is 16.6 Å². The molecule has 0 amide bonds. The monoisotopic (exact) mass is 272 g/mol. The fraction of sp³-hybridized carbons (Fsp3) is 0.235. The van der Waals surface area contributed by atoms with Gasteiger partial charge in [-0.15, -0.1) is 0 Å². The molecule has 0 aliphatic rings. The molecule has 0 aliphatic heterocycles. The Hall–Kier alpha value is -1.60. The molecule has 0 saturated heterocycles. The van der Waals surface area contributed by atoms with E-state index in [1.165, 1.54) is 5.56 Å². The molecule has 0 saturated carbocycles. The number of hydrogen-bond donors (Lipinski definition) is 0.